The molecule has 0 radical (unpaired) electrons. The van der Waals surface area contributed by atoms with Gasteiger partial charge in [0.25, 0.3) is 10.0 Å². The Morgan fingerprint density at radius 2 is 1.71 bits per heavy atom. The average molecular weight is 434 g/mol. The Bertz CT molecular complexity index is 1170. The van der Waals surface area contributed by atoms with Crippen molar-refractivity contribution in [2.75, 3.05) is 18.0 Å². The third kappa shape index (κ3) is 4.89. The van der Waals surface area contributed by atoms with Gasteiger partial charge >= 0.3 is 0 Å². The first kappa shape index (κ1) is 22.4. The van der Waals surface area contributed by atoms with Crippen molar-refractivity contribution in [3.05, 3.63) is 109 Å². The van der Waals surface area contributed by atoms with Crippen molar-refractivity contribution in [1.82, 2.24) is 0 Å². The fourth-order valence-corrected chi connectivity index (χ4v) is 4.81. The summed E-state index contributed by atoms with van der Waals surface area (Å²) >= 11 is 0. The van der Waals surface area contributed by atoms with Crippen LogP contribution in [0.2, 0.25) is 0 Å². The van der Waals surface area contributed by atoms with Crippen molar-refractivity contribution >= 4 is 21.3 Å². The second-order valence-corrected chi connectivity index (χ2v) is 9.06. The molecule has 3 aromatic carbocycles. The molecule has 0 aromatic heterocycles. The predicted molar refractivity (Wildman–Crippen MR) is 128 cm³/mol. The predicted octanol–water partition coefficient (Wildman–Crippen LogP) is 5.84. The molecule has 0 aliphatic rings. The molecule has 0 heterocycles. The maximum Gasteiger partial charge on any atom is 0.264 e. The molecule has 3 aromatic rings. The van der Waals surface area contributed by atoms with Gasteiger partial charge in [-0.05, 0) is 54.8 Å². The number of anilines is 1. The lowest BCUT2D eigenvalue weighted by Crippen LogP contribution is -2.32. The van der Waals surface area contributed by atoms with Crippen molar-refractivity contribution < 1.29 is 13.2 Å². The largest absolute Gasteiger partial charge is 0.497 e. The molecule has 0 amide bonds. The van der Waals surface area contributed by atoms with Crippen LogP contribution in [0, 0.1) is 6.92 Å². The zero-order chi connectivity index (χ0) is 22.4. The van der Waals surface area contributed by atoms with Crippen LogP contribution in [-0.2, 0) is 10.0 Å². The molecule has 0 spiro atoms. The number of hydrogen-bond acceptors (Lipinski definition) is 3. The van der Waals surface area contributed by atoms with Crippen molar-refractivity contribution in [1.29, 1.82) is 0 Å². The molecule has 0 saturated carbocycles. The Labute approximate surface area is 185 Å². The van der Waals surface area contributed by atoms with Crippen LogP contribution in [0.3, 0.4) is 0 Å². The maximum absolute atomic E-state index is 13.6. The van der Waals surface area contributed by atoms with Crippen molar-refractivity contribution in [2.24, 2.45) is 0 Å². The van der Waals surface area contributed by atoms with E-state index >= 15 is 0 Å². The summed E-state index contributed by atoms with van der Waals surface area (Å²) in [5.41, 5.74) is 3.88. The van der Waals surface area contributed by atoms with Crippen LogP contribution >= 0.6 is 0 Å². The number of benzene rings is 3. The second kappa shape index (κ2) is 9.67. The van der Waals surface area contributed by atoms with Crippen LogP contribution in [0.4, 0.5) is 5.69 Å². The smallest absolute Gasteiger partial charge is 0.264 e. The van der Waals surface area contributed by atoms with Crippen LogP contribution in [0.5, 0.6) is 5.75 Å². The Hall–Kier alpha value is -3.31. The number of nitrogens with zero attached hydrogens (tertiary/aromatic N) is 1. The first-order valence-corrected chi connectivity index (χ1v) is 11.5. The van der Waals surface area contributed by atoms with E-state index in [9.17, 15) is 8.42 Å². The minimum absolute atomic E-state index is 0.245. The fourth-order valence-electron chi connectivity index (χ4n) is 3.31. The first-order valence-electron chi connectivity index (χ1n) is 10.0. The van der Waals surface area contributed by atoms with Gasteiger partial charge in [0.2, 0.25) is 0 Å². The maximum atomic E-state index is 13.6. The monoisotopic (exact) mass is 433 g/mol. The summed E-state index contributed by atoms with van der Waals surface area (Å²) in [5.74, 6) is 0.632. The molecule has 0 bridgehead atoms. The lowest BCUT2D eigenvalue weighted by molar-refractivity contribution is 0.414. The van der Waals surface area contributed by atoms with E-state index in [0.29, 0.717) is 23.4 Å². The Kier molecular flexibility index (Phi) is 6.98. The molecule has 3 rings (SSSR count). The Balaban J connectivity index is 2.18. The van der Waals surface area contributed by atoms with Crippen LogP contribution in [0.1, 0.15) is 23.1 Å². The molecule has 0 N–H and O–H groups in total. The van der Waals surface area contributed by atoms with Gasteiger partial charge in [0.1, 0.15) is 5.75 Å². The molecular formula is C26H27NO3S. The average Bonchev–Trinajstić information content (AvgIpc) is 2.79. The number of rotatable bonds is 9. The summed E-state index contributed by atoms with van der Waals surface area (Å²) in [5, 5.41) is 0. The second-order valence-electron chi connectivity index (χ2n) is 7.20. The molecule has 0 atom stereocenters. The Morgan fingerprint density at radius 1 is 1.03 bits per heavy atom. The molecule has 4 nitrogen and oxygen atoms in total. The molecule has 160 valence electrons. The minimum atomic E-state index is -3.80. The van der Waals surface area contributed by atoms with Gasteiger partial charge in [0.15, 0.2) is 0 Å². The number of methoxy groups -OCH3 is 1. The third-order valence-corrected chi connectivity index (χ3v) is 6.89. The SMILES string of the molecule is C=CCCN(c1ccc(OC)cc1C(=C)c1ccccc1)S(=O)(=O)c1ccc(C)cc1. The summed E-state index contributed by atoms with van der Waals surface area (Å²) < 4.78 is 34.1. The van der Waals surface area contributed by atoms with Crippen LogP contribution in [0.25, 0.3) is 5.57 Å². The molecule has 31 heavy (non-hydrogen) atoms. The lowest BCUT2D eigenvalue weighted by Gasteiger charge is -2.27. The molecular weight excluding hydrogens is 406 g/mol. The van der Waals surface area contributed by atoms with Gasteiger partial charge in [-0.3, -0.25) is 4.31 Å². The van der Waals surface area contributed by atoms with E-state index in [-0.39, 0.29) is 11.4 Å². The highest BCUT2D eigenvalue weighted by molar-refractivity contribution is 7.92. The summed E-state index contributed by atoms with van der Waals surface area (Å²) in [4.78, 5) is 0.245. The summed E-state index contributed by atoms with van der Waals surface area (Å²) in [6.07, 6.45) is 2.22. The van der Waals surface area contributed by atoms with Crippen molar-refractivity contribution in [3.8, 4) is 5.75 Å². The minimum Gasteiger partial charge on any atom is -0.497 e. The standard InChI is InChI=1S/C26H27NO3S/c1-5-6-18-27(31(28,29)24-15-12-20(2)13-16-24)26-17-14-23(30-4)19-25(26)21(3)22-10-8-7-9-11-22/h5,7-17,19H,1,3,6,18H2,2,4H3. The van der Waals surface area contributed by atoms with Crippen LogP contribution in [0.15, 0.2) is 96.9 Å². The van der Waals surface area contributed by atoms with E-state index in [1.807, 2.05) is 43.3 Å². The van der Waals surface area contributed by atoms with Crippen LogP contribution in [-0.4, -0.2) is 22.1 Å². The van der Waals surface area contributed by atoms with Gasteiger partial charge in [0, 0.05) is 12.1 Å². The molecule has 0 aliphatic heterocycles. The zero-order valence-electron chi connectivity index (χ0n) is 17.9. The molecule has 5 heteroatoms. The number of hydrogen-bond donors (Lipinski definition) is 0. The Morgan fingerprint density at radius 3 is 2.32 bits per heavy atom. The van der Waals surface area contributed by atoms with Crippen molar-refractivity contribution in [2.45, 2.75) is 18.2 Å². The highest BCUT2D eigenvalue weighted by Crippen LogP contribution is 2.36. The van der Waals surface area contributed by atoms with Gasteiger partial charge in [-0.15, -0.1) is 6.58 Å². The quantitative estimate of drug-likeness (QED) is 0.399. The lowest BCUT2D eigenvalue weighted by atomic mass is 9.97. The zero-order valence-corrected chi connectivity index (χ0v) is 18.7. The number of sulfonamides is 1. The van der Waals surface area contributed by atoms with E-state index in [2.05, 4.69) is 13.2 Å². The normalized spacial score (nSPS) is 11.0. The first-order chi connectivity index (χ1) is 14.9. The van der Waals surface area contributed by atoms with E-state index in [0.717, 1.165) is 16.7 Å². The van der Waals surface area contributed by atoms with Gasteiger partial charge < -0.3 is 4.74 Å². The molecule has 0 unspecified atom stereocenters. The summed E-state index contributed by atoms with van der Waals surface area (Å²) in [6.45, 7) is 10.2. The fraction of sp³-hybridized carbons (Fsp3) is 0.154. The van der Waals surface area contributed by atoms with Gasteiger partial charge in [-0.25, -0.2) is 8.42 Å². The van der Waals surface area contributed by atoms with E-state index in [4.69, 9.17) is 4.74 Å². The molecule has 0 fully saturated rings. The highest BCUT2D eigenvalue weighted by atomic mass is 32.2. The topological polar surface area (TPSA) is 46.6 Å². The van der Waals surface area contributed by atoms with E-state index in [1.54, 1.807) is 49.6 Å². The summed E-state index contributed by atoms with van der Waals surface area (Å²) in [7, 11) is -2.21. The van der Waals surface area contributed by atoms with E-state index < -0.39 is 10.0 Å². The van der Waals surface area contributed by atoms with Crippen molar-refractivity contribution in [3.63, 3.8) is 0 Å². The number of ether oxygens (including phenoxy) is 1. The van der Waals surface area contributed by atoms with E-state index in [1.165, 1.54) is 4.31 Å². The van der Waals surface area contributed by atoms with Gasteiger partial charge in [0.05, 0.1) is 17.7 Å². The molecule has 0 aliphatic carbocycles. The van der Waals surface area contributed by atoms with Crippen LogP contribution < -0.4 is 9.04 Å². The highest BCUT2D eigenvalue weighted by Gasteiger charge is 2.27. The van der Waals surface area contributed by atoms with Gasteiger partial charge in [-0.2, -0.15) is 0 Å². The number of aryl methyl sites for hydroxylation is 1. The molecule has 0 saturated heterocycles. The van der Waals surface area contributed by atoms with Gasteiger partial charge in [-0.1, -0.05) is 60.7 Å². The summed E-state index contributed by atoms with van der Waals surface area (Å²) in [6, 6.07) is 22.0. The third-order valence-electron chi connectivity index (χ3n) is 5.07.